The van der Waals surface area contributed by atoms with Gasteiger partial charge in [-0.1, -0.05) is 0 Å². The number of nitrogens with zero attached hydrogens (tertiary/aromatic N) is 5. The maximum atomic E-state index is 11.9. The van der Waals surface area contributed by atoms with Crippen molar-refractivity contribution in [1.82, 2.24) is 19.9 Å². The third-order valence-corrected chi connectivity index (χ3v) is 7.32. The Hall–Kier alpha value is -4.51. The minimum atomic E-state index is -1.08. The summed E-state index contributed by atoms with van der Waals surface area (Å²) in [5, 5.41) is 10.6. The normalized spacial score (nSPS) is 14.6. The van der Waals surface area contributed by atoms with Crippen LogP contribution in [0, 0.1) is 13.8 Å². The molecule has 5 aromatic rings. The van der Waals surface area contributed by atoms with Gasteiger partial charge in [-0.3, -0.25) is 9.88 Å². The standard InChI is InChI=1S/C27H23N5O5S/c1-14-8-18(23-20(9-14)30-22(35-3)11-29-23)26-31-19-6-7-21-24(25(19)38-26)36-13-17(37-21)12-32(27(33)34)16-5-4-15(2)28-10-16/h4-11,17H,12-13H2,1-3H3,(H,33,34)/t17-/m1/s1. The maximum Gasteiger partial charge on any atom is 0.411 e. The predicted octanol–water partition coefficient (Wildman–Crippen LogP) is 5.25. The fraction of sp³-hybridized carbons (Fsp3) is 0.222. The second-order valence-electron chi connectivity index (χ2n) is 8.95. The second kappa shape index (κ2) is 9.42. The Balaban J connectivity index is 1.31. The molecule has 3 aromatic heterocycles. The van der Waals surface area contributed by atoms with Crippen LogP contribution in [0.25, 0.3) is 31.8 Å². The summed E-state index contributed by atoms with van der Waals surface area (Å²) in [6.45, 7) is 4.15. The van der Waals surface area contributed by atoms with E-state index in [0.29, 0.717) is 23.1 Å². The number of thiazole rings is 1. The van der Waals surface area contributed by atoms with E-state index in [-0.39, 0.29) is 13.2 Å². The van der Waals surface area contributed by atoms with Gasteiger partial charge < -0.3 is 19.3 Å². The van der Waals surface area contributed by atoms with E-state index in [4.69, 9.17) is 19.2 Å². The van der Waals surface area contributed by atoms with Gasteiger partial charge in [0, 0.05) is 11.3 Å². The molecule has 11 heteroatoms. The number of carboxylic acid groups (broad SMARTS) is 1. The number of amides is 1. The van der Waals surface area contributed by atoms with Crippen LogP contribution >= 0.6 is 11.3 Å². The summed E-state index contributed by atoms with van der Waals surface area (Å²) in [5.41, 5.74) is 5.44. The van der Waals surface area contributed by atoms with Crippen LogP contribution in [0.5, 0.6) is 17.4 Å². The lowest BCUT2D eigenvalue weighted by Crippen LogP contribution is -2.43. The highest BCUT2D eigenvalue weighted by Crippen LogP contribution is 2.44. The lowest BCUT2D eigenvalue weighted by molar-refractivity contribution is 0.0962. The van der Waals surface area contributed by atoms with Crippen LogP contribution in [-0.2, 0) is 0 Å². The summed E-state index contributed by atoms with van der Waals surface area (Å²) in [6.07, 6.45) is 1.56. The number of hydrogen-bond donors (Lipinski definition) is 1. The van der Waals surface area contributed by atoms with Gasteiger partial charge in [-0.2, -0.15) is 0 Å². The largest absolute Gasteiger partial charge is 0.484 e. The van der Waals surface area contributed by atoms with Crippen molar-refractivity contribution in [2.75, 3.05) is 25.2 Å². The fourth-order valence-electron chi connectivity index (χ4n) is 4.40. The highest BCUT2D eigenvalue weighted by atomic mass is 32.1. The number of methoxy groups -OCH3 is 1. The monoisotopic (exact) mass is 529 g/mol. The molecule has 2 aromatic carbocycles. The molecule has 1 aliphatic heterocycles. The molecule has 6 rings (SSSR count). The minimum absolute atomic E-state index is 0.100. The summed E-state index contributed by atoms with van der Waals surface area (Å²) in [6, 6.07) is 11.2. The summed E-state index contributed by atoms with van der Waals surface area (Å²) in [7, 11) is 1.56. The van der Waals surface area contributed by atoms with Crippen molar-refractivity contribution >= 4 is 44.4 Å². The molecule has 0 spiro atoms. The van der Waals surface area contributed by atoms with Crippen LogP contribution in [0.15, 0.2) is 48.8 Å². The van der Waals surface area contributed by atoms with Crippen molar-refractivity contribution < 1.29 is 24.1 Å². The number of benzene rings is 2. The van der Waals surface area contributed by atoms with Crippen molar-refractivity contribution in [1.29, 1.82) is 0 Å². The van der Waals surface area contributed by atoms with Gasteiger partial charge in [0.2, 0.25) is 5.88 Å². The van der Waals surface area contributed by atoms with Crippen LogP contribution in [0.2, 0.25) is 0 Å². The molecule has 1 amide bonds. The molecule has 4 heterocycles. The molecule has 0 saturated carbocycles. The smallest absolute Gasteiger partial charge is 0.411 e. The molecule has 10 nitrogen and oxygen atoms in total. The summed E-state index contributed by atoms with van der Waals surface area (Å²) in [4.78, 5) is 31.3. The van der Waals surface area contributed by atoms with Gasteiger partial charge in [0.05, 0.1) is 48.3 Å². The first-order valence-electron chi connectivity index (χ1n) is 11.9. The number of hydrogen-bond acceptors (Lipinski definition) is 9. The Labute approximate surface area is 221 Å². The Kier molecular flexibility index (Phi) is 5.91. The molecule has 38 heavy (non-hydrogen) atoms. The average Bonchev–Trinajstić information content (AvgIpc) is 3.36. The Morgan fingerprint density at radius 3 is 2.76 bits per heavy atom. The van der Waals surface area contributed by atoms with Crippen molar-refractivity contribution in [3.63, 3.8) is 0 Å². The Bertz CT molecular complexity index is 1690. The van der Waals surface area contributed by atoms with Crippen molar-refractivity contribution in [3.8, 4) is 28.0 Å². The third-order valence-electron chi connectivity index (χ3n) is 6.22. The molecule has 0 fully saturated rings. The summed E-state index contributed by atoms with van der Waals surface area (Å²) < 4.78 is 18.4. The fourth-order valence-corrected chi connectivity index (χ4v) is 5.47. The molecule has 192 valence electrons. The summed E-state index contributed by atoms with van der Waals surface area (Å²) in [5.74, 6) is 1.61. The van der Waals surface area contributed by atoms with Gasteiger partial charge in [0.1, 0.15) is 16.3 Å². The number of pyridine rings is 1. The molecule has 1 atom stereocenters. The van der Waals surface area contributed by atoms with Crippen molar-refractivity contribution in [2.24, 2.45) is 0 Å². The van der Waals surface area contributed by atoms with Gasteiger partial charge in [-0.15, -0.1) is 11.3 Å². The molecule has 1 aliphatic rings. The highest BCUT2D eigenvalue weighted by molar-refractivity contribution is 7.22. The molecule has 0 saturated heterocycles. The van der Waals surface area contributed by atoms with Crippen LogP contribution in [0.4, 0.5) is 10.5 Å². The number of rotatable bonds is 5. The zero-order valence-corrected chi connectivity index (χ0v) is 21.7. The first-order chi connectivity index (χ1) is 18.4. The lowest BCUT2D eigenvalue weighted by atomic mass is 10.1. The predicted molar refractivity (Wildman–Crippen MR) is 144 cm³/mol. The first-order valence-corrected chi connectivity index (χ1v) is 12.7. The SMILES string of the molecule is COc1cnc2c(-c3nc4ccc5c(c4s3)OC[C@@H](CN(C(=O)O)c3ccc(C)nc3)O5)cc(C)cc2n1. The quantitative estimate of drug-likeness (QED) is 0.325. The van der Waals surface area contributed by atoms with E-state index in [1.54, 1.807) is 31.6 Å². The zero-order valence-electron chi connectivity index (χ0n) is 20.8. The number of fused-ring (bicyclic) bond motifs is 4. The van der Waals surface area contributed by atoms with Crippen molar-refractivity contribution in [3.05, 3.63) is 60.0 Å². The number of aryl methyl sites for hydroxylation is 2. The van der Waals surface area contributed by atoms with E-state index in [0.717, 1.165) is 43.1 Å². The van der Waals surface area contributed by atoms with Crippen LogP contribution in [-0.4, -0.2) is 57.5 Å². The zero-order chi connectivity index (χ0) is 26.4. The Morgan fingerprint density at radius 2 is 2.00 bits per heavy atom. The number of ether oxygens (including phenoxy) is 3. The van der Waals surface area contributed by atoms with Gasteiger partial charge in [0.25, 0.3) is 0 Å². The van der Waals surface area contributed by atoms with E-state index in [1.807, 2.05) is 38.1 Å². The molecule has 0 bridgehead atoms. The first kappa shape index (κ1) is 23.9. The van der Waals surface area contributed by atoms with Crippen LogP contribution in [0.1, 0.15) is 11.3 Å². The van der Waals surface area contributed by atoms with E-state index < -0.39 is 12.2 Å². The van der Waals surface area contributed by atoms with Gasteiger partial charge in [0.15, 0.2) is 17.6 Å². The molecule has 1 N–H and O–H groups in total. The van der Waals surface area contributed by atoms with Crippen molar-refractivity contribution in [2.45, 2.75) is 20.0 Å². The highest BCUT2D eigenvalue weighted by Gasteiger charge is 2.29. The lowest BCUT2D eigenvalue weighted by Gasteiger charge is -2.30. The van der Waals surface area contributed by atoms with E-state index in [2.05, 4.69) is 15.0 Å². The maximum absolute atomic E-state index is 11.9. The number of aromatic nitrogens is 4. The Morgan fingerprint density at radius 1 is 1.13 bits per heavy atom. The minimum Gasteiger partial charge on any atom is -0.484 e. The molecule has 0 unspecified atom stereocenters. The molecule has 0 radical (unpaired) electrons. The van der Waals surface area contributed by atoms with Gasteiger partial charge >= 0.3 is 6.09 Å². The topological polar surface area (TPSA) is 120 Å². The van der Waals surface area contributed by atoms with E-state index >= 15 is 0 Å². The molecular formula is C27H23N5O5S. The number of anilines is 1. The van der Waals surface area contributed by atoms with E-state index in [1.165, 1.54) is 16.2 Å². The second-order valence-corrected chi connectivity index (χ2v) is 9.95. The van der Waals surface area contributed by atoms with E-state index in [9.17, 15) is 9.90 Å². The summed E-state index contributed by atoms with van der Waals surface area (Å²) >= 11 is 1.49. The number of carbonyl (C=O) groups is 1. The molecule has 0 aliphatic carbocycles. The van der Waals surface area contributed by atoms with Gasteiger partial charge in [-0.05, 0) is 55.8 Å². The van der Waals surface area contributed by atoms with Crippen LogP contribution in [0.3, 0.4) is 0 Å². The average molecular weight is 530 g/mol. The van der Waals surface area contributed by atoms with Crippen LogP contribution < -0.4 is 19.1 Å². The van der Waals surface area contributed by atoms with Gasteiger partial charge in [-0.25, -0.2) is 19.7 Å². The molecular weight excluding hydrogens is 506 g/mol. The third kappa shape index (κ3) is 4.30.